The van der Waals surface area contributed by atoms with E-state index in [1.807, 2.05) is 13.0 Å². The minimum absolute atomic E-state index is 0.197. The fourth-order valence-corrected chi connectivity index (χ4v) is 3.68. The molecule has 118 valence electrons. The first-order valence-electron chi connectivity index (χ1n) is 8.12. The van der Waals surface area contributed by atoms with Crippen LogP contribution in [0.5, 0.6) is 5.75 Å². The average Bonchev–Trinajstić information content (AvgIpc) is 2.80. The van der Waals surface area contributed by atoms with Crippen molar-refractivity contribution in [3.05, 3.63) is 35.4 Å². The van der Waals surface area contributed by atoms with Gasteiger partial charge < -0.3 is 9.84 Å². The van der Waals surface area contributed by atoms with Crippen molar-refractivity contribution >= 4 is 11.4 Å². The van der Waals surface area contributed by atoms with E-state index in [-0.39, 0.29) is 5.78 Å². The van der Waals surface area contributed by atoms with Crippen molar-refractivity contribution in [2.24, 2.45) is 5.41 Å². The molecular formula is C19H24O3. The van der Waals surface area contributed by atoms with Gasteiger partial charge >= 0.3 is 0 Å². The summed E-state index contributed by atoms with van der Waals surface area (Å²) in [5, 5.41) is 10.1. The Kier molecular flexibility index (Phi) is 4.09. The minimum Gasteiger partial charge on any atom is -0.497 e. The summed E-state index contributed by atoms with van der Waals surface area (Å²) in [4.78, 5) is 12.1. The Balaban J connectivity index is 1.86. The van der Waals surface area contributed by atoms with Gasteiger partial charge in [-0.15, -0.1) is 0 Å². The average molecular weight is 300 g/mol. The van der Waals surface area contributed by atoms with Gasteiger partial charge in [0.15, 0.2) is 0 Å². The summed E-state index contributed by atoms with van der Waals surface area (Å²) in [5.74, 6) is 1.09. The van der Waals surface area contributed by atoms with Crippen molar-refractivity contribution in [1.29, 1.82) is 0 Å². The molecule has 0 saturated heterocycles. The summed E-state index contributed by atoms with van der Waals surface area (Å²) in [5.41, 5.74) is 3.30. The van der Waals surface area contributed by atoms with Crippen LogP contribution in [0.2, 0.25) is 0 Å². The van der Waals surface area contributed by atoms with Crippen LogP contribution in [0.25, 0.3) is 5.57 Å². The zero-order chi connectivity index (χ0) is 15.7. The Labute approximate surface area is 132 Å². The molecule has 3 nitrogen and oxygen atoms in total. The number of carbonyl (C=O) groups is 1. The molecule has 0 aliphatic heterocycles. The Bertz CT molecular complexity index is 617. The summed E-state index contributed by atoms with van der Waals surface area (Å²) in [6, 6.07) is 6.23. The van der Waals surface area contributed by atoms with Crippen molar-refractivity contribution in [3.63, 3.8) is 0 Å². The number of methoxy groups -OCH3 is 1. The highest BCUT2D eigenvalue weighted by Crippen LogP contribution is 2.40. The van der Waals surface area contributed by atoms with Crippen molar-refractivity contribution < 1.29 is 14.6 Å². The first-order valence-corrected chi connectivity index (χ1v) is 8.12. The van der Waals surface area contributed by atoms with Gasteiger partial charge in [0.2, 0.25) is 0 Å². The number of hydrogen-bond donors (Lipinski definition) is 1. The SMILES string of the molecule is COc1ccc2c(c1)CCC/C2=C\C[C@@]1(C)C(=O)CC[C@H]1O. The highest BCUT2D eigenvalue weighted by atomic mass is 16.5. The topological polar surface area (TPSA) is 46.5 Å². The van der Waals surface area contributed by atoms with Crippen LogP contribution in [0.15, 0.2) is 24.3 Å². The first-order chi connectivity index (χ1) is 10.5. The molecule has 2 atom stereocenters. The Hall–Kier alpha value is -1.61. The predicted octanol–water partition coefficient (Wildman–Crippen LogP) is 3.54. The maximum Gasteiger partial charge on any atom is 0.141 e. The second-order valence-electron chi connectivity index (χ2n) is 6.71. The van der Waals surface area contributed by atoms with Crippen LogP contribution < -0.4 is 4.74 Å². The van der Waals surface area contributed by atoms with Crippen LogP contribution in [-0.2, 0) is 11.2 Å². The lowest BCUT2D eigenvalue weighted by atomic mass is 9.79. The number of ether oxygens (including phenoxy) is 1. The van der Waals surface area contributed by atoms with Crippen LogP contribution in [0.3, 0.4) is 0 Å². The molecule has 3 rings (SSSR count). The first kappa shape index (κ1) is 15.3. The number of rotatable bonds is 3. The summed E-state index contributed by atoms with van der Waals surface area (Å²) in [7, 11) is 1.69. The third-order valence-corrected chi connectivity index (χ3v) is 5.34. The second kappa shape index (κ2) is 5.88. The molecule has 1 N–H and O–H groups in total. The molecule has 22 heavy (non-hydrogen) atoms. The number of aliphatic hydroxyl groups excluding tert-OH is 1. The molecule has 0 amide bonds. The molecule has 1 aromatic rings. The third kappa shape index (κ3) is 2.58. The smallest absolute Gasteiger partial charge is 0.141 e. The van der Waals surface area contributed by atoms with Gasteiger partial charge in [0.25, 0.3) is 0 Å². The Morgan fingerprint density at radius 3 is 2.86 bits per heavy atom. The molecule has 0 heterocycles. The minimum atomic E-state index is -0.600. The highest BCUT2D eigenvalue weighted by Gasteiger charge is 2.44. The number of allylic oxidation sites excluding steroid dienone is 2. The van der Waals surface area contributed by atoms with Crippen LogP contribution >= 0.6 is 0 Å². The lowest BCUT2D eigenvalue weighted by Crippen LogP contribution is -2.32. The molecule has 0 radical (unpaired) electrons. The van der Waals surface area contributed by atoms with Crippen LogP contribution in [0, 0.1) is 5.41 Å². The van der Waals surface area contributed by atoms with E-state index >= 15 is 0 Å². The van der Waals surface area contributed by atoms with E-state index in [9.17, 15) is 9.90 Å². The summed E-state index contributed by atoms with van der Waals surface area (Å²) < 4.78 is 5.30. The number of Topliss-reactive ketones (excluding diaryl/α,β-unsaturated/α-hetero) is 1. The number of fused-ring (bicyclic) bond motifs is 1. The zero-order valence-corrected chi connectivity index (χ0v) is 13.4. The Morgan fingerprint density at radius 1 is 1.36 bits per heavy atom. The number of aliphatic hydroxyl groups is 1. The van der Waals surface area contributed by atoms with E-state index < -0.39 is 11.5 Å². The van der Waals surface area contributed by atoms with E-state index in [0.29, 0.717) is 19.3 Å². The molecule has 0 aromatic heterocycles. The number of hydrogen-bond acceptors (Lipinski definition) is 3. The van der Waals surface area contributed by atoms with E-state index in [4.69, 9.17) is 4.74 Å². The van der Waals surface area contributed by atoms with Gasteiger partial charge in [-0.3, -0.25) is 4.79 Å². The summed E-state index contributed by atoms with van der Waals surface area (Å²) in [6.45, 7) is 1.90. The number of aryl methyl sites for hydroxylation is 1. The summed E-state index contributed by atoms with van der Waals surface area (Å²) >= 11 is 0. The van der Waals surface area contributed by atoms with E-state index in [0.717, 1.165) is 25.0 Å². The zero-order valence-electron chi connectivity index (χ0n) is 13.4. The van der Waals surface area contributed by atoms with Crippen molar-refractivity contribution in [2.75, 3.05) is 7.11 Å². The molecule has 0 unspecified atom stereocenters. The maximum atomic E-state index is 12.1. The van der Waals surface area contributed by atoms with Crippen molar-refractivity contribution in [2.45, 2.75) is 51.6 Å². The molecular weight excluding hydrogens is 276 g/mol. The molecule has 2 aliphatic carbocycles. The quantitative estimate of drug-likeness (QED) is 0.929. The normalized spacial score (nSPS) is 29.7. The number of carbonyl (C=O) groups excluding carboxylic acids is 1. The van der Waals surface area contributed by atoms with Gasteiger partial charge in [-0.05, 0) is 67.9 Å². The lowest BCUT2D eigenvalue weighted by molar-refractivity contribution is -0.127. The number of ketones is 1. The van der Waals surface area contributed by atoms with Crippen molar-refractivity contribution in [3.8, 4) is 5.75 Å². The lowest BCUT2D eigenvalue weighted by Gasteiger charge is -2.26. The van der Waals surface area contributed by atoms with Crippen LogP contribution in [0.4, 0.5) is 0 Å². The predicted molar refractivity (Wildman–Crippen MR) is 86.9 cm³/mol. The monoisotopic (exact) mass is 300 g/mol. The van der Waals surface area contributed by atoms with Gasteiger partial charge in [0.05, 0.1) is 18.6 Å². The van der Waals surface area contributed by atoms with E-state index in [1.54, 1.807) is 7.11 Å². The molecule has 0 bridgehead atoms. The standard InChI is InChI=1S/C19H24O3/c1-19(17(20)8-9-18(19)21)11-10-13-4-3-5-14-12-15(22-2)6-7-16(13)14/h6-7,10,12,17,20H,3-5,8-9,11H2,1-2H3/b13-10+/t17-,19-/m1/s1. The van der Waals surface area contributed by atoms with Crippen LogP contribution in [0.1, 0.15) is 50.2 Å². The molecule has 1 saturated carbocycles. The molecule has 0 spiro atoms. The molecule has 3 heteroatoms. The maximum absolute atomic E-state index is 12.1. The highest BCUT2D eigenvalue weighted by molar-refractivity contribution is 5.88. The fraction of sp³-hybridized carbons (Fsp3) is 0.526. The van der Waals surface area contributed by atoms with E-state index in [1.165, 1.54) is 16.7 Å². The van der Waals surface area contributed by atoms with Gasteiger partial charge in [-0.2, -0.15) is 0 Å². The van der Waals surface area contributed by atoms with Crippen molar-refractivity contribution in [1.82, 2.24) is 0 Å². The van der Waals surface area contributed by atoms with Crippen LogP contribution in [-0.4, -0.2) is 24.1 Å². The second-order valence-corrected chi connectivity index (χ2v) is 6.71. The van der Waals surface area contributed by atoms with E-state index in [2.05, 4.69) is 18.2 Å². The molecule has 2 aliphatic rings. The summed E-state index contributed by atoms with van der Waals surface area (Å²) in [6.07, 6.45) is 6.66. The third-order valence-electron chi connectivity index (χ3n) is 5.34. The van der Waals surface area contributed by atoms with Gasteiger partial charge in [0, 0.05) is 6.42 Å². The molecule has 1 fully saturated rings. The van der Waals surface area contributed by atoms with Gasteiger partial charge in [-0.1, -0.05) is 12.1 Å². The Morgan fingerprint density at radius 2 is 2.18 bits per heavy atom. The largest absolute Gasteiger partial charge is 0.497 e. The number of benzene rings is 1. The molecule has 1 aromatic carbocycles. The fourth-order valence-electron chi connectivity index (χ4n) is 3.68. The van der Waals surface area contributed by atoms with Gasteiger partial charge in [-0.25, -0.2) is 0 Å². The van der Waals surface area contributed by atoms with Gasteiger partial charge in [0.1, 0.15) is 11.5 Å².